The van der Waals surface area contributed by atoms with Gasteiger partial charge in [0.15, 0.2) is 0 Å². The van der Waals surface area contributed by atoms with Crippen molar-refractivity contribution in [3.05, 3.63) is 21.3 Å². The van der Waals surface area contributed by atoms with E-state index in [2.05, 4.69) is 32.0 Å². The van der Waals surface area contributed by atoms with Gasteiger partial charge >= 0.3 is 0 Å². The van der Waals surface area contributed by atoms with Crippen LogP contribution >= 0.6 is 22.9 Å². The van der Waals surface area contributed by atoms with Crippen LogP contribution in [0.4, 0.5) is 0 Å². The van der Waals surface area contributed by atoms with Crippen LogP contribution in [0, 0.1) is 5.92 Å². The van der Waals surface area contributed by atoms with Crippen molar-refractivity contribution in [2.45, 2.75) is 19.4 Å². The summed E-state index contributed by atoms with van der Waals surface area (Å²) in [5, 5.41) is 0. The molecule has 0 radical (unpaired) electrons. The predicted octanol–water partition coefficient (Wildman–Crippen LogP) is 2.99. The van der Waals surface area contributed by atoms with Crippen molar-refractivity contribution in [1.82, 2.24) is 4.90 Å². The second-order valence-electron chi connectivity index (χ2n) is 4.10. The Bertz CT molecular complexity index is 299. The molecule has 0 amide bonds. The Morgan fingerprint density at radius 1 is 1.47 bits per heavy atom. The summed E-state index contributed by atoms with van der Waals surface area (Å²) in [6.07, 6.45) is 1.04. The number of rotatable bonds is 5. The molecule has 2 nitrogen and oxygen atoms in total. The van der Waals surface area contributed by atoms with Crippen LogP contribution in [-0.4, -0.2) is 25.5 Å². The molecule has 4 heteroatoms. The molecule has 0 saturated carbocycles. The quantitative estimate of drug-likeness (QED) is 0.866. The van der Waals surface area contributed by atoms with E-state index in [0.717, 1.165) is 17.3 Å². The van der Waals surface area contributed by atoms with Crippen LogP contribution < -0.4 is 5.73 Å². The fourth-order valence-corrected chi connectivity index (χ4v) is 3.34. The minimum Gasteiger partial charge on any atom is -0.330 e. The smallest absolute Gasteiger partial charge is 0.0931 e. The topological polar surface area (TPSA) is 29.3 Å². The molecule has 1 heterocycles. The van der Waals surface area contributed by atoms with E-state index >= 15 is 0 Å². The van der Waals surface area contributed by atoms with Crippen molar-refractivity contribution in [3.63, 3.8) is 0 Å². The lowest BCUT2D eigenvalue weighted by molar-refractivity contribution is 0.220. The minimum atomic E-state index is 0.422. The van der Waals surface area contributed by atoms with Gasteiger partial charge in [0.2, 0.25) is 0 Å². The van der Waals surface area contributed by atoms with Gasteiger partial charge in [-0.2, -0.15) is 0 Å². The molecule has 0 aliphatic heterocycles. The van der Waals surface area contributed by atoms with Crippen molar-refractivity contribution in [1.29, 1.82) is 0 Å². The summed E-state index contributed by atoms with van der Waals surface area (Å²) in [4.78, 5) is 3.56. The van der Waals surface area contributed by atoms with Gasteiger partial charge in [-0.05, 0) is 45.1 Å². The van der Waals surface area contributed by atoms with Crippen LogP contribution in [0.2, 0.25) is 4.34 Å². The third kappa shape index (κ3) is 3.45. The first kappa shape index (κ1) is 13.0. The number of hydrogen-bond donors (Lipinski definition) is 1. The molecule has 1 aromatic rings. The maximum Gasteiger partial charge on any atom is 0.0931 e. The average Bonchev–Trinajstić information content (AvgIpc) is 2.51. The molecule has 2 N–H and O–H groups in total. The first-order chi connectivity index (χ1) is 7.06. The van der Waals surface area contributed by atoms with E-state index < -0.39 is 0 Å². The standard InChI is InChI=1S/C11H19ClN2S/c1-8(6-7-13)11(14(2)3)9-4-5-10(12)15-9/h4-5,8,11H,6-7,13H2,1-3H3. The van der Waals surface area contributed by atoms with Crippen LogP contribution in [0.3, 0.4) is 0 Å². The second kappa shape index (κ2) is 5.85. The Hall–Kier alpha value is -0.0900. The third-order valence-corrected chi connectivity index (χ3v) is 3.90. The summed E-state index contributed by atoms with van der Waals surface area (Å²) in [5.41, 5.74) is 5.61. The van der Waals surface area contributed by atoms with Crippen molar-refractivity contribution >= 4 is 22.9 Å². The summed E-state index contributed by atoms with van der Waals surface area (Å²) in [6, 6.07) is 4.50. The highest BCUT2D eigenvalue weighted by molar-refractivity contribution is 7.16. The highest BCUT2D eigenvalue weighted by atomic mass is 35.5. The fraction of sp³-hybridized carbons (Fsp3) is 0.636. The van der Waals surface area contributed by atoms with Gasteiger partial charge < -0.3 is 10.6 Å². The number of nitrogens with two attached hydrogens (primary N) is 1. The van der Waals surface area contributed by atoms with Crippen molar-refractivity contribution in [2.75, 3.05) is 20.6 Å². The minimum absolute atomic E-state index is 0.422. The molecule has 0 saturated heterocycles. The highest BCUT2D eigenvalue weighted by Crippen LogP contribution is 2.35. The molecule has 86 valence electrons. The molecular formula is C11H19ClN2S. The van der Waals surface area contributed by atoms with Crippen LogP contribution in [0.1, 0.15) is 24.3 Å². The number of thiophene rings is 1. The monoisotopic (exact) mass is 246 g/mol. The van der Waals surface area contributed by atoms with E-state index in [-0.39, 0.29) is 0 Å². The molecule has 0 bridgehead atoms. The molecule has 0 aliphatic rings. The molecule has 1 rings (SSSR count). The lowest BCUT2D eigenvalue weighted by atomic mass is 9.96. The van der Waals surface area contributed by atoms with Crippen LogP contribution in [0.15, 0.2) is 12.1 Å². The molecule has 15 heavy (non-hydrogen) atoms. The number of hydrogen-bond acceptors (Lipinski definition) is 3. The van der Waals surface area contributed by atoms with Gasteiger partial charge in [-0.15, -0.1) is 11.3 Å². The van der Waals surface area contributed by atoms with Crippen molar-refractivity contribution in [2.24, 2.45) is 11.7 Å². The Labute approximate surface area is 101 Å². The van der Waals surface area contributed by atoms with Crippen LogP contribution in [0.5, 0.6) is 0 Å². The van der Waals surface area contributed by atoms with E-state index in [1.165, 1.54) is 4.88 Å². The Morgan fingerprint density at radius 2 is 2.13 bits per heavy atom. The molecular weight excluding hydrogens is 228 g/mol. The molecule has 0 aliphatic carbocycles. The highest BCUT2D eigenvalue weighted by Gasteiger charge is 2.22. The van der Waals surface area contributed by atoms with Gasteiger partial charge in [0.25, 0.3) is 0 Å². The summed E-state index contributed by atoms with van der Waals surface area (Å²) in [7, 11) is 4.20. The average molecular weight is 247 g/mol. The SMILES string of the molecule is CC(CCN)C(c1ccc(Cl)s1)N(C)C. The van der Waals surface area contributed by atoms with Gasteiger partial charge in [0.1, 0.15) is 0 Å². The van der Waals surface area contributed by atoms with Gasteiger partial charge in [0, 0.05) is 10.9 Å². The zero-order valence-corrected chi connectivity index (χ0v) is 11.1. The maximum atomic E-state index is 5.97. The summed E-state index contributed by atoms with van der Waals surface area (Å²) in [6.45, 7) is 2.98. The van der Waals surface area contributed by atoms with E-state index in [1.54, 1.807) is 11.3 Å². The lowest BCUT2D eigenvalue weighted by Gasteiger charge is -2.29. The van der Waals surface area contributed by atoms with E-state index in [4.69, 9.17) is 17.3 Å². The first-order valence-electron chi connectivity index (χ1n) is 5.18. The van der Waals surface area contributed by atoms with Gasteiger partial charge in [-0.3, -0.25) is 0 Å². The maximum absolute atomic E-state index is 5.97. The first-order valence-corrected chi connectivity index (χ1v) is 6.37. The number of nitrogens with zero attached hydrogens (tertiary/aromatic N) is 1. The molecule has 1 aromatic heterocycles. The Balaban J connectivity index is 2.82. The van der Waals surface area contributed by atoms with E-state index in [1.807, 2.05) is 6.07 Å². The Morgan fingerprint density at radius 3 is 2.53 bits per heavy atom. The summed E-state index contributed by atoms with van der Waals surface area (Å²) < 4.78 is 0.858. The zero-order valence-electron chi connectivity index (χ0n) is 9.53. The third-order valence-electron chi connectivity index (χ3n) is 2.60. The van der Waals surface area contributed by atoms with Gasteiger partial charge in [0.05, 0.1) is 4.34 Å². The molecule has 0 spiro atoms. The number of halogens is 1. The van der Waals surface area contributed by atoms with Gasteiger partial charge in [-0.25, -0.2) is 0 Å². The Kier molecular flexibility index (Phi) is 5.06. The van der Waals surface area contributed by atoms with E-state index in [0.29, 0.717) is 12.0 Å². The summed E-state index contributed by atoms with van der Waals surface area (Å²) in [5.74, 6) is 0.555. The molecule has 0 aromatic carbocycles. The zero-order chi connectivity index (χ0) is 11.4. The van der Waals surface area contributed by atoms with Crippen LogP contribution in [0.25, 0.3) is 0 Å². The molecule has 2 unspecified atom stereocenters. The predicted molar refractivity (Wildman–Crippen MR) is 68.6 cm³/mol. The van der Waals surface area contributed by atoms with Crippen LogP contribution in [-0.2, 0) is 0 Å². The fourth-order valence-electron chi connectivity index (χ4n) is 1.95. The second-order valence-corrected chi connectivity index (χ2v) is 5.85. The summed E-state index contributed by atoms with van der Waals surface area (Å²) >= 11 is 7.63. The molecule has 2 atom stereocenters. The molecule has 0 fully saturated rings. The lowest BCUT2D eigenvalue weighted by Crippen LogP contribution is -2.26. The van der Waals surface area contributed by atoms with Crippen molar-refractivity contribution in [3.8, 4) is 0 Å². The normalized spacial score (nSPS) is 15.6. The largest absolute Gasteiger partial charge is 0.330 e. The van der Waals surface area contributed by atoms with E-state index in [9.17, 15) is 0 Å². The van der Waals surface area contributed by atoms with Crippen molar-refractivity contribution < 1.29 is 0 Å². The van der Waals surface area contributed by atoms with Gasteiger partial charge in [-0.1, -0.05) is 18.5 Å².